The molecule has 104 valence electrons. The normalized spacial score (nSPS) is 16.6. The highest BCUT2D eigenvalue weighted by Crippen LogP contribution is 2.22. The third-order valence-corrected chi connectivity index (χ3v) is 3.71. The number of hydrogen-bond acceptors (Lipinski definition) is 2. The number of benzene rings is 1. The lowest BCUT2D eigenvalue weighted by atomic mass is 9.90. The Labute approximate surface area is 113 Å². The second-order valence-electron chi connectivity index (χ2n) is 5.19. The number of halogens is 1. The summed E-state index contributed by atoms with van der Waals surface area (Å²) in [5.74, 6) is 0.561. The van der Waals surface area contributed by atoms with Gasteiger partial charge in [0, 0.05) is 13.1 Å². The number of rotatable bonds is 4. The fourth-order valence-electron chi connectivity index (χ4n) is 2.65. The second-order valence-corrected chi connectivity index (χ2v) is 5.19. The van der Waals surface area contributed by atoms with Crippen LogP contribution in [-0.2, 0) is 11.2 Å². The fraction of sp³-hybridized carbons (Fsp3) is 0.533. The molecule has 1 amide bonds. The van der Waals surface area contributed by atoms with Crippen LogP contribution in [-0.4, -0.2) is 37.5 Å². The molecule has 1 saturated heterocycles. The Balaban J connectivity index is 1.82. The molecule has 0 atom stereocenters. The molecule has 0 spiro atoms. The van der Waals surface area contributed by atoms with Crippen molar-refractivity contribution in [2.45, 2.75) is 19.3 Å². The maximum absolute atomic E-state index is 13.1. The number of nitrogens with zero attached hydrogens (tertiary/aromatic N) is 1. The van der Waals surface area contributed by atoms with E-state index in [-0.39, 0.29) is 11.7 Å². The molecule has 0 saturated carbocycles. The van der Waals surface area contributed by atoms with Crippen LogP contribution in [0.1, 0.15) is 18.4 Å². The van der Waals surface area contributed by atoms with Crippen LogP contribution in [0.2, 0.25) is 0 Å². The van der Waals surface area contributed by atoms with E-state index in [2.05, 4.69) is 5.32 Å². The first kappa shape index (κ1) is 14.0. The van der Waals surface area contributed by atoms with Crippen molar-refractivity contribution >= 4 is 5.91 Å². The Morgan fingerprint density at radius 3 is 2.79 bits per heavy atom. The molecule has 1 heterocycles. The lowest BCUT2D eigenvalue weighted by molar-refractivity contribution is -0.131. The van der Waals surface area contributed by atoms with E-state index in [0.29, 0.717) is 12.5 Å². The number of hydrogen-bond donors (Lipinski definition) is 1. The first-order valence-corrected chi connectivity index (χ1v) is 6.86. The van der Waals surface area contributed by atoms with Crippen molar-refractivity contribution in [2.24, 2.45) is 5.92 Å². The minimum Gasteiger partial charge on any atom is -0.342 e. The molecule has 1 aliphatic heterocycles. The number of carbonyl (C=O) groups is 1. The van der Waals surface area contributed by atoms with Gasteiger partial charge in [0.25, 0.3) is 0 Å². The van der Waals surface area contributed by atoms with Crippen LogP contribution >= 0.6 is 0 Å². The number of likely N-dealkylation sites (tertiary alicyclic amines) is 1. The van der Waals surface area contributed by atoms with E-state index in [1.54, 1.807) is 19.2 Å². The van der Waals surface area contributed by atoms with Crippen molar-refractivity contribution in [1.29, 1.82) is 0 Å². The predicted octanol–water partition coefficient (Wildman–Crippen LogP) is 1.83. The van der Waals surface area contributed by atoms with Gasteiger partial charge in [-0.3, -0.25) is 4.79 Å². The van der Waals surface area contributed by atoms with Gasteiger partial charge >= 0.3 is 0 Å². The Kier molecular flexibility index (Phi) is 4.91. The molecule has 1 aliphatic rings. The van der Waals surface area contributed by atoms with Crippen LogP contribution < -0.4 is 5.32 Å². The first-order valence-electron chi connectivity index (χ1n) is 6.86. The summed E-state index contributed by atoms with van der Waals surface area (Å²) in [6.45, 7) is 2.05. The van der Waals surface area contributed by atoms with Crippen LogP contribution in [0.3, 0.4) is 0 Å². The second kappa shape index (κ2) is 6.66. The van der Waals surface area contributed by atoms with Gasteiger partial charge in [0.05, 0.1) is 6.54 Å². The van der Waals surface area contributed by atoms with Gasteiger partial charge in [-0.2, -0.15) is 0 Å². The van der Waals surface area contributed by atoms with Crippen LogP contribution in [0, 0.1) is 11.7 Å². The Morgan fingerprint density at radius 2 is 2.16 bits per heavy atom. The van der Waals surface area contributed by atoms with E-state index in [0.717, 1.165) is 37.9 Å². The van der Waals surface area contributed by atoms with Crippen molar-refractivity contribution in [3.8, 4) is 0 Å². The smallest absolute Gasteiger partial charge is 0.236 e. The number of amides is 1. The summed E-state index contributed by atoms with van der Waals surface area (Å²) in [4.78, 5) is 13.6. The molecule has 1 aromatic carbocycles. The minimum atomic E-state index is -0.167. The van der Waals surface area contributed by atoms with Gasteiger partial charge in [0.2, 0.25) is 5.91 Å². The lowest BCUT2D eigenvalue weighted by Gasteiger charge is -2.32. The van der Waals surface area contributed by atoms with Gasteiger partial charge < -0.3 is 10.2 Å². The standard InChI is InChI=1S/C15H21FN2O/c1-17-11-15(19)18-7-5-12(6-8-18)9-13-3-2-4-14(16)10-13/h2-4,10,12,17H,5-9,11H2,1H3. The van der Waals surface area contributed by atoms with Gasteiger partial charge in [-0.25, -0.2) is 4.39 Å². The van der Waals surface area contributed by atoms with Crippen molar-refractivity contribution in [2.75, 3.05) is 26.7 Å². The van der Waals surface area contributed by atoms with E-state index in [1.165, 1.54) is 6.07 Å². The molecule has 1 N–H and O–H groups in total. The van der Waals surface area contributed by atoms with Gasteiger partial charge in [-0.05, 0) is 49.9 Å². The number of likely N-dealkylation sites (N-methyl/N-ethyl adjacent to an activating group) is 1. The van der Waals surface area contributed by atoms with Crippen molar-refractivity contribution in [1.82, 2.24) is 10.2 Å². The summed E-state index contributed by atoms with van der Waals surface area (Å²) in [6.07, 6.45) is 2.92. The molecule has 0 bridgehead atoms. The molecular formula is C15H21FN2O. The van der Waals surface area contributed by atoms with Crippen molar-refractivity contribution < 1.29 is 9.18 Å². The molecule has 0 aliphatic carbocycles. The number of piperidine rings is 1. The largest absolute Gasteiger partial charge is 0.342 e. The highest BCUT2D eigenvalue weighted by atomic mass is 19.1. The summed E-state index contributed by atoms with van der Waals surface area (Å²) in [6, 6.07) is 6.82. The molecule has 0 aromatic heterocycles. The highest BCUT2D eigenvalue weighted by Gasteiger charge is 2.22. The van der Waals surface area contributed by atoms with E-state index in [1.807, 2.05) is 11.0 Å². The van der Waals surface area contributed by atoms with Crippen LogP contribution in [0.4, 0.5) is 4.39 Å². The molecule has 3 nitrogen and oxygen atoms in total. The average Bonchev–Trinajstić information content (AvgIpc) is 2.40. The zero-order valence-electron chi connectivity index (χ0n) is 11.4. The van der Waals surface area contributed by atoms with Gasteiger partial charge in [0.1, 0.15) is 5.82 Å². The molecule has 2 rings (SSSR count). The summed E-state index contributed by atoms with van der Waals surface area (Å²) in [7, 11) is 1.79. The quantitative estimate of drug-likeness (QED) is 0.900. The van der Waals surface area contributed by atoms with Gasteiger partial charge in [0.15, 0.2) is 0 Å². The zero-order chi connectivity index (χ0) is 13.7. The minimum absolute atomic E-state index is 0.167. The Morgan fingerprint density at radius 1 is 1.42 bits per heavy atom. The van der Waals surface area contributed by atoms with Crippen molar-refractivity contribution in [3.63, 3.8) is 0 Å². The van der Waals surface area contributed by atoms with Crippen molar-refractivity contribution in [3.05, 3.63) is 35.6 Å². The summed E-state index contributed by atoms with van der Waals surface area (Å²) >= 11 is 0. The van der Waals surface area contributed by atoms with Gasteiger partial charge in [-0.15, -0.1) is 0 Å². The highest BCUT2D eigenvalue weighted by molar-refractivity contribution is 5.78. The van der Waals surface area contributed by atoms with Crippen LogP contribution in [0.25, 0.3) is 0 Å². The topological polar surface area (TPSA) is 32.3 Å². The molecule has 1 fully saturated rings. The molecule has 1 aromatic rings. The predicted molar refractivity (Wildman–Crippen MR) is 73.3 cm³/mol. The zero-order valence-corrected chi connectivity index (χ0v) is 11.4. The Hall–Kier alpha value is -1.42. The Bertz CT molecular complexity index is 428. The average molecular weight is 264 g/mol. The summed E-state index contributed by atoms with van der Waals surface area (Å²) < 4.78 is 13.1. The van der Waals surface area contributed by atoms with E-state index >= 15 is 0 Å². The molecule has 4 heteroatoms. The summed E-state index contributed by atoms with van der Waals surface area (Å²) in [5.41, 5.74) is 1.06. The van der Waals surface area contributed by atoms with E-state index in [4.69, 9.17) is 0 Å². The van der Waals surface area contributed by atoms with Crippen LogP contribution in [0.15, 0.2) is 24.3 Å². The number of carbonyl (C=O) groups excluding carboxylic acids is 1. The molecule has 0 unspecified atom stereocenters. The summed E-state index contributed by atoms with van der Waals surface area (Å²) in [5, 5.41) is 2.89. The first-order chi connectivity index (χ1) is 9.19. The maximum atomic E-state index is 13.1. The maximum Gasteiger partial charge on any atom is 0.236 e. The third kappa shape index (κ3) is 4.03. The SMILES string of the molecule is CNCC(=O)N1CCC(Cc2cccc(F)c2)CC1. The lowest BCUT2D eigenvalue weighted by Crippen LogP contribution is -2.42. The molecular weight excluding hydrogens is 243 g/mol. The van der Waals surface area contributed by atoms with E-state index < -0.39 is 0 Å². The fourth-order valence-corrected chi connectivity index (χ4v) is 2.65. The molecule has 0 radical (unpaired) electrons. The van der Waals surface area contributed by atoms with Crippen LogP contribution in [0.5, 0.6) is 0 Å². The van der Waals surface area contributed by atoms with E-state index in [9.17, 15) is 9.18 Å². The van der Waals surface area contributed by atoms with Gasteiger partial charge in [-0.1, -0.05) is 12.1 Å². The number of nitrogens with one attached hydrogen (secondary N) is 1. The monoisotopic (exact) mass is 264 g/mol. The third-order valence-electron chi connectivity index (χ3n) is 3.71. The molecule has 19 heavy (non-hydrogen) atoms.